The van der Waals surface area contributed by atoms with Crippen LogP contribution in [0.4, 0.5) is 5.69 Å². The number of likely N-dealkylation sites (tertiary alicyclic amines) is 1. The van der Waals surface area contributed by atoms with Crippen molar-refractivity contribution in [3.63, 3.8) is 0 Å². The van der Waals surface area contributed by atoms with Crippen LogP contribution < -0.4 is 16.2 Å². The summed E-state index contributed by atoms with van der Waals surface area (Å²) in [4.78, 5) is 26.5. The number of benzene rings is 2. The number of hydrogen-bond donors (Lipinski definition) is 1. The summed E-state index contributed by atoms with van der Waals surface area (Å²) in [5.74, 6) is 0.529. The van der Waals surface area contributed by atoms with Crippen LogP contribution in [0.25, 0.3) is 11.1 Å². The molecule has 0 unspecified atom stereocenters. The van der Waals surface area contributed by atoms with Gasteiger partial charge in [0.1, 0.15) is 0 Å². The van der Waals surface area contributed by atoms with E-state index in [9.17, 15) is 9.59 Å². The van der Waals surface area contributed by atoms with Crippen molar-refractivity contribution in [1.82, 2.24) is 4.90 Å². The first kappa shape index (κ1) is 18.6. The third-order valence-electron chi connectivity index (χ3n) is 5.74. The second-order valence-electron chi connectivity index (χ2n) is 7.86. The molecule has 4 nitrogen and oxygen atoms in total. The molecule has 0 aliphatic carbocycles. The third kappa shape index (κ3) is 3.92. The largest absolute Gasteiger partial charge is 0.381 e. The Labute approximate surface area is 165 Å². The molecule has 4 rings (SSSR count). The molecule has 3 aromatic rings. The van der Waals surface area contributed by atoms with E-state index in [4.69, 9.17) is 0 Å². The molecule has 0 radical (unpaired) electrons. The summed E-state index contributed by atoms with van der Waals surface area (Å²) in [5.41, 5.74) is 3.78. The molecule has 4 heteroatoms. The van der Waals surface area contributed by atoms with Crippen molar-refractivity contribution in [3.05, 3.63) is 86.2 Å². The van der Waals surface area contributed by atoms with Crippen molar-refractivity contribution in [3.8, 4) is 11.1 Å². The van der Waals surface area contributed by atoms with Gasteiger partial charge in [-0.2, -0.15) is 0 Å². The van der Waals surface area contributed by atoms with Crippen molar-refractivity contribution in [1.29, 1.82) is 0 Å². The molecule has 1 aliphatic heterocycles. The molecule has 0 bridgehead atoms. The predicted octanol–water partition coefficient (Wildman–Crippen LogP) is 3.58. The molecule has 28 heavy (non-hydrogen) atoms. The molecule has 1 aliphatic rings. The fraction of sp³-hybridized carbons (Fsp3) is 0.333. The first-order valence-electron chi connectivity index (χ1n) is 10.0. The van der Waals surface area contributed by atoms with Crippen LogP contribution in [-0.2, 0) is 6.54 Å². The third-order valence-corrected chi connectivity index (χ3v) is 5.74. The molecule has 0 amide bonds. The minimum atomic E-state index is -0.379. The van der Waals surface area contributed by atoms with Gasteiger partial charge in [0.15, 0.2) is 0 Å². The van der Waals surface area contributed by atoms with Gasteiger partial charge >= 0.3 is 0 Å². The molecule has 1 saturated heterocycles. The lowest BCUT2D eigenvalue weighted by molar-refractivity contribution is 0.182. The molecule has 0 saturated carbocycles. The maximum Gasteiger partial charge on any atom is 0.250 e. The lowest BCUT2D eigenvalue weighted by Crippen LogP contribution is -2.39. The summed E-state index contributed by atoms with van der Waals surface area (Å²) in [6.07, 6.45) is 2.21. The van der Waals surface area contributed by atoms with Gasteiger partial charge in [-0.25, -0.2) is 0 Å². The second kappa shape index (κ2) is 8.11. The zero-order valence-corrected chi connectivity index (χ0v) is 16.3. The molecule has 0 aromatic heterocycles. The van der Waals surface area contributed by atoms with Gasteiger partial charge in [0.2, 0.25) is 10.9 Å². The molecule has 144 valence electrons. The van der Waals surface area contributed by atoms with Crippen LogP contribution in [0, 0.1) is 12.8 Å². The Morgan fingerprint density at radius 3 is 2.43 bits per heavy atom. The van der Waals surface area contributed by atoms with E-state index in [-0.39, 0.29) is 10.9 Å². The zero-order chi connectivity index (χ0) is 19.5. The highest BCUT2D eigenvalue weighted by Crippen LogP contribution is 2.25. The first-order chi connectivity index (χ1) is 13.6. The Balaban J connectivity index is 1.31. The lowest BCUT2D eigenvalue weighted by Gasteiger charge is -2.32. The number of nitrogens with zero attached hydrogens (tertiary/aromatic N) is 1. The van der Waals surface area contributed by atoms with E-state index in [1.807, 2.05) is 30.3 Å². The van der Waals surface area contributed by atoms with E-state index in [1.165, 1.54) is 11.1 Å². The number of hydrogen-bond acceptors (Lipinski definition) is 4. The molecule has 1 N–H and O–H groups in total. The maximum atomic E-state index is 12.0. The van der Waals surface area contributed by atoms with Crippen LogP contribution >= 0.6 is 0 Å². The summed E-state index contributed by atoms with van der Waals surface area (Å²) < 4.78 is 0. The van der Waals surface area contributed by atoms with Crippen LogP contribution in [0.2, 0.25) is 0 Å². The van der Waals surface area contributed by atoms with E-state index in [1.54, 1.807) is 0 Å². The minimum Gasteiger partial charge on any atom is -0.381 e. The van der Waals surface area contributed by atoms with E-state index < -0.39 is 0 Å². The average molecular weight is 374 g/mol. The van der Waals surface area contributed by atoms with Gasteiger partial charge in [0, 0.05) is 13.1 Å². The number of nitrogens with one attached hydrogen (secondary N) is 1. The number of piperidine rings is 1. The number of aryl methyl sites for hydroxylation is 1. The molecule has 0 spiro atoms. The smallest absolute Gasteiger partial charge is 0.250 e. The van der Waals surface area contributed by atoms with E-state index in [2.05, 4.69) is 41.4 Å². The van der Waals surface area contributed by atoms with E-state index in [0.717, 1.165) is 44.6 Å². The van der Waals surface area contributed by atoms with Gasteiger partial charge in [0.25, 0.3) is 0 Å². The summed E-state index contributed by atoms with van der Waals surface area (Å²) in [6, 6.07) is 18.1. The van der Waals surface area contributed by atoms with Crippen molar-refractivity contribution in [2.75, 3.05) is 25.0 Å². The Kier molecular flexibility index (Phi) is 5.40. The summed E-state index contributed by atoms with van der Waals surface area (Å²) >= 11 is 0. The topological polar surface area (TPSA) is 49.4 Å². The lowest BCUT2D eigenvalue weighted by atomic mass is 9.94. The van der Waals surface area contributed by atoms with Gasteiger partial charge < -0.3 is 5.32 Å². The Morgan fingerprint density at radius 2 is 1.71 bits per heavy atom. The molecular formula is C24H26N2O2. The van der Waals surface area contributed by atoms with Gasteiger partial charge in [0.05, 0.1) is 11.3 Å². The molecule has 1 fully saturated rings. The highest BCUT2D eigenvalue weighted by Gasteiger charge is 2.24. The van der Waals surface area contributed by atoms with Crippen molar-refractivity contribution in [2.24, 2.45) is 5.92 Å². The average Bonchev–Trinajstić information content (AvgIpc) is 2.72. The summed E-state index contributed by atoms with van der Waals surface area (Å²) in [6.45, 7) is 6.02. The standard InChI is InChI=1S/C24H26N2O2/c1-17-6-5-7-19(14-17)16-26-12-10-18(11-13-26)15-25-22-21(23(27)24(22)28)20-8-3-2-4-9-20/h2-9,14,18,25H,10-13,15-16H2,1H3. The van der Waals surface area contributed by atoms with Crippen LogP contribution in [0.15, 0.2) is 64.2 Å². The normalized spacial score (nSPS) is 15.8. The van der Waals surface area contributed by atoms with E-state index in [0.29, 0.717) is 17.2 Å². The molecular weight excluding hydrogens is 348 g/mol. The number of anilines is 1. The van der Waals surface area contributed by atoms with Gasteiger partial charge in [-0.1, -0.05) is 60.2 Å². The highest BCUT2D eigenvalue weighted by molar-refractivity contribution is 5.81. The number of rotatable bonds is 6. The maximum absolute atomic E-state index is 12.0. The molecule has 3 aromatic carbocycles. The summed E-state index contributed by atoms with van der Waals surface area (Å²) in [7, 11) is 0. The minimum absolute atomic E-state index is 0.373. The van der Waals surface area contributed by atoms with Crippen molar-refractivity contribution in [2.45, 2.75) is 26.3 Å². The van der Waals surface area contributed by atoms with Crippen LogP contribution in [0.3, 0.4) is 0 Å². The van der Waals surface area contributed by atoms with Gasteiger partial charge in [-0.05, 0) is 49.9 Å². The SMILES string of the molecule is Cc1cccc(CN2CCC(CNc3c(-c4ccccc4)c(=O)c3=O)CC2)c1. The Hall–Kier alpha value is -2.72. The van der Waals surface area contributed by atoms with E-state index >= 15 is 0 Å². The Bertz CT molecular complexity index is 1010. The zero-order valence-electron chi connectivity index (χ0n) is 16.3. The fourth-order valence-electron chi connectivity index (χ4n) is 4.10. The van der Waals surface area contributed by atoms with Crippen molar-refractivity contribution >= 4 is 5.69 Å². The van der Waals surface area contributed by atoms with Crippen molar-refractivity contribution < 1.29 is 0 Å². The van der Waals surface area contributed by atoms with Crippen LogP contribution in [0.1, 0.15) is 24.0 Å². The van der Waals surface area contributed by atoms with Gasteiger partial charge in [-0.15, -0.1) is 0 Å². The summed E-state index contributed by atoms with van der Waals surface area (Å²) in [5, 5.41) is 3.28. The quantitative estimate of drug-likeness (QED) is 0.670. The second-order valence-corrected chi connectivity index (χ2v) is 7.86. The van der Waals surface area contributed by atoms with Crippen LogP contribution in [-0.4, -0.2) is 24.5 Å². The first-order valence-corrected chi connectivity index (χ1v) is 10.0. The van der Waals surface area contributed by atoms with Crippen LogP contribution in [0.5, 0.6) is 0 Å². The highest BCUT2D eigenvalue weighted by atomic mass is 16.2. The fourth-order valence-corrected chi connectivity index (χ4v) is 4.10. The monoisotopic (exact) mass is 374 g/mol. The predicted molar refractivity (Wildman–Crippen MR) is 114 cm³/mol. The Morgan fingerprint density at radius 1 is 0.964 bits per heavy atom. The van der Waals surface area contributed by atoms with Gasteiger partial charge in [-0.3, -0.25) is 14.5 Å². The molecule has 0 atom stereocenters. The molecule has 1 heterocycles.